The average molecular weight is 396 g/mol. The van der Waals surface area contributed by atoms with E-state index in [4.69, 9.17) is 9.47 Å². The molecule has 29 heavy (non-hydrogen) atoms. The number of carbonyl (C=O) groups excluding carboxylic acids is 1. The molecule has 150 valence electrons. The fraction of sp³-hybridized carbons (Fsp3) is 0.300. The second kappa shape index (κ2) is 7.08. The molecule has 0 saturated heterocycles. The number of aryl methyl sites for hydroxylation is 1. The molecule has 9 heteroatoms. The average Bonchev–Trinajstić information content (AvgIpc) is 2.75. The smallest absolute Gasteiger partial charge is 0.332 e. The minimum Gasteiger partial charge on any atom is -0.486 e. The Labute approximate surface area is 165 Å². The Balaban J connectivity index is 1.62. The van der Waals surface area contributed by atoms with E-state index >= 15 is 0 Å². The Morgan fingerprint density at radius 3 is 2.59 bits per heavy atom. The molecular formula is C20H20N4O5. The van der Waals surface area contributed by atoms with Crippen molar-refractivity contribution in [1.82, 2.24) is 19.4 Å². The molecule has 0 unspecified atom stereocenters. The van der Waals surface area contributed by atoms with Crippen LogP contribution < -0.4 is 26.0 Å². The van der Waals surface area contributed by atoms with Crippen molar-refractivity contribution in [2.75, 3.05) is 13.2 Å². The molecule has 1 aliphatic rings. The molecule has 4 rings (SSSR count). The molecule has 0 bridgehead atoms. The molecule has 1 N–H and O–H groups in total. The summed E-state index contributed by atoms with van der Waals surface area (Å²) < 4.78 is 13.4. The van der Waals surface area contributed by atoms with Crippen LogP contribution in [-0.4, -0.2) is 33.2 Å². The van der Waals surface area contributed by atoms with Gasteiger partial charge in [0.25, 0.3) is 11.5 Å². The Bertz CT molecular complexity index is 1240. The number of amides is 1. The van der Waals surface area contributed by atoms with Gasteiger partial charge in [-0.15, -0.1) is 0 Å². The van der Waals surface area contributed by atoms with Gasteiger partial charge in [-0.1, -0.05) is 6.07 Å². The van der Waals surface area contributed by atoms with Crippen LogP contribution in [-0.2, 0) is 14.1 Å². The predicted molar refractivity (Wildman–Crippen MR) is 106 cm³/mol. The summed E-state index contributed by atoms with van der Waals surface area (Å²) in [5.74, 6) is 0.947. The molecule has 9 nitrogen and oxygen atoms in total. The third kappa shape index (κ3) is 3.24. The molecule has 0 fully saturated rings. The lowest BCUT2D eigenvalue weighted by molar-refractivity contribution is 0.0939. The summed E-state index contributed by atoms with van der Waals surface area (Å²) in [7, 11) is 2.92. The first-order chi connectivity index (χ1) is 13.9. The van der Waals surface area contributed by atoms with Crippen LogP contribution in [0.4, 0.5) is 0 Å². The number of nitrogens with one attached hydrogen (secondary N) is 1. The van der Waals surface area contributed by atoms with Crippen LogP contribution >= 0.6 is 0 Å². The van der Waals surface area contributed by atoms with Crippen LogP contribution in [0.1, 0.15) is 28.9 Å². The number of hydrogen-bond acceptors (Lipinski definition) is 6. The van der Waals surface area contributed by atoms with Gasteiger partial charge in [0.05, 0.1) is 17.0 Å². The zero-order chi connectivity index (χ0) is 20.7. The standard InChI is InChI=1S/C20H20N4O5/c1-11(12-4-5-15-16(9-12)29-7-6-28-15)22-18(25)13-8-14-17(21-10-13)23(2)20(27)24(3)19(14)26/h4-5,8-11H,6-7H2,1-3H3,(H,22,25)/t11-/m0/s1. The summed E-state index contributed by atoms with van der Waals surface area (Å²) in [6.07, 6.45) is 1.35. The van der Waals surface area contributed by atoms with E-state index in [0.717, 1.165) is 10.1 Å². The van der Waals surface area contributed by atoms with Gasteiger partial charge in [-0.2, -0.15) is 0 Å². The highest BCUT2D eigenvalue weighted by molar-refractivity contribution is 5.96. The molecule has 0 radical (unpaired) electrons. The zero-order valence-corrected chi connectivity index (χ0v) is 16.3. The number of nitrogens with zero attached hydrogens (tertiary/aromatic N) is 3. The monoisotopic (exact) mass is 396 g/mol. The van der Waals surface area contributed by atoms with Crippen molar-refractivity contribution in [2.45, 2.75) is 13.0 Å². The highest BCUT2D eigenvalue weighted by atomic mass is 16.6. The van der Waals surface area contributed by atoms with E-state index in [9.17, 15) is 14.4 Å². The van der Waals surface area contributed by atoms with E-state index < -0.39 is 11.2 Å². The number of fused-ring (bicyclic) bond motifs is 2. The van der Waals surface area contributed by atoms with E-state index in [1.165, 1.54) is 30.9 Å². The van der Waals surface area contributed by atoms with Gasteiger partial charge in [0.1, 0.15) is 18.9 Å². The summed E-state index contributed by atoms with van der Waals surface area (Å²) in [4.78, 5) is 41.3. The Morgan fingerprint density at radius 1 is 1.10 bits per heavy atom. The molecule has 1 atom stereocenters. The summed E-state index contributed by atoms with van der Waals surface area (Å²) in [6.45, 7) is 2.84. The number of benzene rings is 1. The number of aromatic nitrogens is 3. The van der Waals surface area contributed by atoms with Crippen molar-refractivity contribution in [2.24, 2.45) is 14.1 Å². The van der Waals surface area contributed by atoms with Crippen molar-refractivity contribution in [3.05, 3.63) is 62.4 Å². The lowest BCUT2D eigenvalue weighted by Crippen LogP contribution is -2.37. The first-order valence-corrected chi connectivity index (χ1v) is 9.13. The van der Waals surface area contributed by atoms with Gasteiger partial charge >= 0.3 is 5.69 Å². The molecule has 1 aliphatic heterocycles. The van der Waals surface area contributed by atoms with Crippen LogP contribution in [0, 0.1) is 0 Å². The van der Waals surface area contributed by atoms with Gasteiger partial charge in [0.2, 0.25) is 0 Å². The van der Waals surface area contributed by atoms with Crippen LogP contribution in [0.2, 0.25) is 0 Å². The third-order valence-electron chi connectivity index (χ3n) is 4.97. The molecule has 3 heterocycles. The third-order valence-corrected chi connectivity index (χ3v) is 4.97. The molecule has 0 saturated carbocycles. The lowest BCUT2D eigenvalue weighted by Gasteiger charge is -2.21. The summed E-state index contributed by atoms with van der Waals surface area (Å²) >= 11 is 0. The van der Waals surface area contributed by atoms with Gasteiger partial charge in [0, 0.05) is 20.3 Å². The first kappa shape index (κ1) is 18.7. The number of rotatable bonds is 3. The number of ether oxygens (including phenoxy) is 2. The SMILES string of the molecule is C[C@H](NC(=O)c1cnc2c(c1)c(=O)n(C)c(=O)n2C)c1ccc2c(c1)OCCO2. The summed E-state index contributed by atoms with van der Waals surface area (Å²) in [6, 6.07) is 6.66. The number of hydrogen-bond donors (Lipinski definition) is 1. The number of pyridine rings is 1. The maximum atomic E-state index is 12.7. The normalized spacial score (nSPS) is 13.9. The van der Waals surface area contributed by atoms with E-state index in [1.807, 2.05) is 25.1 Å². The maximum absolute atomic E-state index is 12.7. The largest absolute Gasteiger partial charge is 0.486 e. The summed E-state index contributed by atoms with van der Waals surface area (Å²) in [5, 5.41) is 3.09. The van der Waals surface area contributed by atoms with Gasteiger partial charge in [0.15, 0.2) is 11.5 Å². The molecule has 3 aromatic rings. The predicted octanol–water partition coefficient (Wildman–Crippen LogP) is 0.894. The fourth-order valence-corrected chi connectivity index (χ4v) is 3.28. The Kier molecular flexibility index (Phi) is 4.57. The molecule has 1 amide bonds. The van der Waals surface area contributed by atoms with Crippen molar-refractivity contribution >= 4 is 16.9 Å². The van der Waals surface area contributed by atoms with Crippen molar-refractivity contribution in [3.8, 4) is 11.5 Å². The van der Waals surface area contributed by atoms with Crippen LogP contribution in [0.5, 0.6) is 11.5 Å². The van der Waals surface area contributed by atoms with Gasteiger partial charge in [-0.25, -0.2) is 9.78 Å². The van der Waals surface area contributed by atoms with Crippen molar-refractivity contribution < 1.29 is 14.3 Å². The van der Waals surface area contributed by atoms with Gasteiger partial charge in [-0.3, -0.25) is 18.7 Å². The van der Waals surface area contributed by atoms with Crippen LogP contribution in [0.25, 0.3) is 11.0 Å². The molecule has 1 aromatic carbocycles. The fourth-order valence-electron chi connectivity index (χ4n) is 3.28. The van der Waals surface area contributed by atoms with E-state index in [0.29, 0.717) is 24.7 Å². The molecule has 0 aliphatic carbocycles. The maximum Gasteiger partial charge on any atom is 0.332 e. The molecule has 0 spiro atoms. The van der Waals surface area contributed by atoms with Gasteiger partial charge < -0.3 is 14.8 Å². The minimum atomic E-state index is -0.495. The van der Waals surface area contributed by atoms with Crippen molar-refractivity contribution in [3.63, 3.8) is 0 Å². The zero-order valence-electron chi connectivity index (χ0n) is 16.3. The molecular weight excluding hydrogens is 376 g/mol. The highest BCUT2D eigenvalue weighted by Crippen LogP contribution is 2.32. The lowest BCUT2D eigenvalue weighted by atomic mass is 10.1. The topological polar surface area (TPSA) is 104 Å². The van der Waals surface area contributed by atoms with Gasteiger partial charge in [-0.05, 0) is 30.7 Å². The van der Waals surface area contributed by atoms with E-state index in [-0.39, 0.29) is 28.5 Å². The number of carbonyl (C=O) groups is 1. The first-order valence-electron chi connectivity index (χ1n) is 9.13. The van der Waals surface area contributed by atoms with E-state index in [1.54, 1.807) is 0 Å². The minimum absolute atomic E-state index is 0.203. The Morgan fingerprint density at radius 2 is 1.83 bits per heavy atom. The second-order valence-corrected chi connectivity index (χ2v) is 6.90. The second-order valence-electron chi connectivity index (χ2n) is 6.90. The highest BCUT2D eigenvalue weighted by Gasteiger charge is 2.18. The summed E-state index contributed by atoms with van der Waals surface area (Å²) in [5.41, 5.74) is 0.353. The van der Waals surface area contributed by atoms with Crippen LogP contribution in [0.15, 0.2) is 40.1 Å². The Hall–Kier alpha value is -3.62. The quantitative estimate of drug-likeness (QED) is 0.705. The van der Waals surface area contributed by atoms with Crippen LogP contribution in [0.3, 0.4) is 0 Å². The van der Waals surface area contributed by atoms with Crippen molar-refractivity contribution in [1.29, 1.82) is 0 Å². The molecule has 2 aromatic heterocycles. The van der Waals surface area contributed by atoms with E-state index in [2.05, 4.69) is 10.3 Å².